The number of likely N-dealkylation sites (N-methyl/N-ethyl adjacent to an activating group) is 1. The average molecular weight is 504 g/mol. The Kier molecular flexibility index (Phi) is 10.8. The largest absolute Gasteiger partial charge is 0.356 e. The van der Waals surface area contributed by atoms with E-state index in [4.69, 9.17) is 0 Å². The first-order valence-electron chi connectivity index (χ1n) is 10.1. The van der Waals surface area contributed by atoms with Crippen LogP contribution in [0.1, 0.15) is 55.5 Å². The SMILES string of the molecule is Cc1nn(C)c(C)c1CCCNC(=NCC(=O)N(C)C)NC1CCCCC1.I. The Bertz CT molecular complexity index is 649. The molecule has 7 nitrogen and oxygen atoms in total. The van der Waals surface area contributed by atoms with Crippen LogP contribution >= 0.6 is 24.0 Å². The number of aliphatic imine (C=N–C) groups is 1. The number of nitrogens with one attached hydrogen (secondary N) is 2. The second-order valence-corrected chi connectivity index (χ2v) is 7.74. The monoisotopic (exact) mass is 504 g/mol. The zero-order valence-corrected chi connectivity index (χ0v) is 20.4. The smallest absolute Gasteiger partial charge is 0.243 e. The maximum Gasteiger partial charge on any atom is 0.243 e. The predicted octanol–water partition coefficient (Wildman–Crippen LogP) is 2.54. The van der Waals surface area contributed by atoms with Gasteiger partial charge in [0.25, 0.3) is 0 Å². The van der Waals surface area contributed by atoms with E-state index in [1.807, 2.05) is 11.7 Å². The number of carbonyl (C=O) groups excluding carboxylic acids is 1. The topological polar surface area (TPSA) is 74.5 Å². The highest BCUT2D eigenvalue weighted by Crippen LogP contribution is 2.17. The molecule has 28 heavy (non-hydrogen) atoms. The molecule has 1 aliphatic carbocycles. The number of hydrogen-bond donors (Lipinski definition) is 2. The van der Waals surface area contributed by atoms with E-state index >= 15 is 0 Å². The Labute approximate surface area is 186 Å². The fourth-order valence-corrected chi connectivity index (χ4v) is 3.53. The van der Waals surface area contributed by atoms with Crippen LogP contribution in [0.2, 0.25) is 0 Å². The summed E-state index contributed by atoms with van der Waals surface area (Å²) in [4.78, 5) is 18.0. The van der Waals surface area contributed by atoms with E-state index in [0.29, 0.717) is 6.04 Å². The van der Waals surface area contributed by atoms with E-state index < -0.39 is 0 Å². The molecular formula is C20H37IN6O. The third-order valence-corrected chi connectivity index (χ3v) is 5.37. The van der Waals surface area contributed by atoms with Crippen LogP contribution in [0, 0.1) is 13.8 Å². The van der Waals surface area contributed by atoms with Crippen molar-refractivity contribution in [1.29, 1.82) is 0 Å². The van der Waals surface area contributed by atoms with E-state index in [0.717, 1.165) is 31.0 Å². The van der Waals surface area contributed by atoms with Crippen LogP contribution in [0.15, 0.2) is 4.99 Å². The number of carbonyl (C=O) groups is 1. The van der Waals surface area contributed by atoms with Crippen molar-refractivity contribution in [3.8, 4) is 0 Å². The molecule has 1 amide bonds. The average Bonchev–Trinajstić information content (AvgIpc) is 2.89. The van der Waals surface area contributed by atoms with Gasteiger partial charge >= 0.3 is 0 Å². The van der Waals surface area contributed by atoms with Crippen LogP contribution in [-0.2, 0) is 18.3 Å². The van der Waals surface area contributed by atoms with E-state index in [9.17, 15) is 4.79 Å². The highest BCUT2D eigenvalue weighted by atomic mass is 127. The highest BCUT2D eigenvalue weighted by molar-refractivity contribution is 14.0. The fraction of sp³-hybridized carbons (Fsp3) is 0.750. The highest BCUT2D eigenvalue weighted by Gasteiger charge is 2.15. The van der Waals surface area contributed by atoms with Gasteiger partial charge in [0.1, 0.15) is 6.54 Å². The van der Waals surface area contributed by atoms with Crippen molar-refractivity contribution < 1.29 is 4.79 Å². The lowest BCUT2D eigenvalue weighted by molar-refractivity contribution is -0.127. The molecule has 1 aromatic rings. The molecule has 0 aromatic carbocycles. The third-order valence-electron chi connectivity index (χ3n) is 5.37. The molecule has 0 aliphatic heterocycles. The lowest BCUT2D eigenvalue weighted by Gasteiger charge is -2.25. The van der Waals surface area contributed by atoms with E-state index in [2.05, 4.69) is 34.6 Å². The molecule has 1 aromatic heterocycles. The molecule has 1 fully saturated rings. The molecule has 8 heteroatoms. The molecule has 1 heterocycles. The van der Waals surface area contributed by atoms with Crippen LogP contribution in [0.4, 0.5) is 0 Å². The zero-order valence-electron chi connectivity index (χ0n) is 18.0. The number of aromatic nitrogens is 2. The number of rotatable bonds is 7. The van der Waals surface area contributed by atoms with Gasteiger partial charge < -0.3 is 15.5 Å². The first-order chi connectivity index (χ1) is 12.9. The molecule has 2 N–H and O–H groups in total. The van der Waals surface area contributed by atoms with E-state index in [1.165, 1.54) is 43.4 Å². The first-order valence-corrected chi connectivity index (χ1v) is 10.1. The Hall–Kier alpha value is -1.32. The Morgan fingerprint density at radius 1 is 1.25 bits per heavy atom. The molecule has 0 saturated heterocycles. The summed E-state index contributed by atoms with van der Waals surface area (Å²) in [5.41, 5.74) is 3.68. The van der Waals surface area contributed by atoms with Crippen LogP contribution in [-0.4, -0.2) is 59.8 Å². The summed E-state index contributed by atoms with van der Waals surface area (Å²) in [6.07, 6.45) is 8.20. The van der Waals surface area contributed by atoms with Gasteiger partial charge in [-0.1, -0.05) is 19.3 Å². The van der Waals surface area contributed by atoms with Crippen molar-refractivity contribution in [2.45, 2.75) is 64.8 Å². The summed E-state index contributed by atoms with van der Waals surface area (Å²) in [7, 11) is 5.51. The minimum absolute atomic E-state index is 0. The molecule has 0 unspecified atom stereocenters. The normalized spacial score (nSPS) is 15.1. The van der Waals surface area contributed by atoms with Crippen molar-refractivity contribution >= 4 is 35.8 Å². The lowest BCUT2D eigenvalue weighted by Crippen LogP contribution is -2.45. The minimum Gasteiger partial charge on any atom is -0.356 e. The van der Waals surface area contributed by atoms with Gasteiger partial charge in [-0.15, -0.1) is 24.0 Å². The quantitative estimate of drug-likeness (QED) is 0.259. The fourth-order valence-electron chi connectivity index (χ4n) is 3.53. The Balaban J connectivity index is 0.00000392. The summed E-state index contributed by atoms with van der Waals surface area (Å²) in [6.45, 7) is 5.19. The van der Waals surface area contributed by atoms with Crippen LogP contribution < -0.4 is 10.6 Å². The van der Waals surface area contributed by atoms with Crippen LogP contribution in [0.5, 0.6) is 0 Å². The Morgan fingerprint density at radius 2 is 1.93 bits per heavy atom. The maximum absolute atomic E-state index is 11.9. The van der Waals surface area contributed by atoms with Gasteiger partial charge in [0.05, 0.1) is 5.69 Å². The minimum atomic E-state index is 0. The van der Waals surface area contributed by atoms with Crippen molar-refractivity contribution in [2.75, 3.05) is 27.2 Å². The van der Waals surface area contributed by atoms with Gasteiger partial charge in [-0.3, -0.25) is 9.48 Å². The van der Waals surface area contributed by atoms with E-state index in [1.54, 1.807) is 19.0 Å². The molecule has 160 valence electrons. The molecule has 0 atom stereocenters. The third kappa shape index (κ3) is 7.60. The van der Waals surface area contributed by atoms with Crippen molar-refractivity contribution in [2.24, 2.45) is 12.0 Å². The molecule has 1 saturated carbocycles. The summed E-state index contributed by atoms with van der Waals surface area (Å²) >= 11 is 0. The number of guanidine groups is 1. The molecule has 2 rings (SSSR count). The Morgan fingerprint density at radius 3 is 2.50 bits per heavy atom. The number of hydrogen-bond acceptors (Lipinski definition) is 3. The zero-order chi connectivity index (χ0) is 19.8. The summed E-state index contributed by atoms with van der Waals surface area (Å²) in [5, 5.41) is 11.4. The number of amides is 1. The van der Waals surface area contributed by atoms with E-state index in [-0.39, 0.29) is 36.4 Å². The number of aryl methyl sites for hydroxylation is 2. The van der Waals surface area contributed by atoms with Gasteiger partial charge in [-0.2, -0.15) is 5.10 Å². The maximum atomic E-state index is 11.9. The van der Waals surface area contributed by atoms with Gasteiger partial charge in [-0.25, -0.2) is 4.99 Å². The number of halogens is 1. The molecule has 0 spiro atoms. The molecular weight excluding hydrogens is 467 g/mol. The van der Waals surface area contributed by atoms with Crippen LogP contribution in [0.3, 0.4) is 0 Å². The van der Waals surface area contributed by atoms with Crippen molar-refractivity contribution in [1.82, 2.24) is 25.3 Å². The standard InChI is InChI=1S/C20H36N6O.HI/c1-15-18(16(2)26(5)24-15)12-9-13-21-20(22-14-19(27)25(3)4)23-17-10-7-6-8-11-17;/h17H,6-14H2,1-5H3,(H2,21,22,23);1H. The predicted molar refractivity (Wildman–Crippen MR) is 125 cm³/mol. The number of nitrogens with zero attached hydrogens (tertiary/aromatic N) is 4. The summed E-state index contributed by atoms with van der Waals surface area (Å²) in [6, 6.07) is 0.460. The van der Waals surface area contributed by atoms with Gasteiger partial charge in [0, 0.05) is 39.4 Å². The van der Waals surface area contributed by atoms with Crippen molar-refractivity contribution in [3.63, 3.8) is 0 Å². The van der Waals surface area contributed by atoms with Crippen LogP contribution in [0.25, 0.3) is 0 Å². The lowest BCUT2D eigenvalue weighted by atomic mass is 9.96. The summed E-state index contributed by atoms with van der Waals surface area (Å²) < 4.78 is 1.95. The van der Waals surface area contributed by atoms with Gasteiger partial charge in [0.15, 0.2) is 5.96 Å². The molecule has 1 aliphatic rings. The van der Waals surface area contributed by atoms with Gasteiger partial charge in [-0.05, 0) is 45.1 Å². The second kappa shape index (κ2) is 12.3. The van der Waals surface area contributed by atoms with Gasteiger partial charge in [0.2, 0.25) is 5.91 Å². The van der Waals surface area contributed by atoms with Crippen molar-refractivity contribution in [3.05, 3.63) is 17.0 Å². The second-order valence-electron chi connectivity index (χ2n) is 7.74. The first kappa shape index (κ1) is 24.7. The molecule has 0 radical (unpaired) electrons. The molecule has 0 bridgehead atoms. The summed E-state index contributed by atoms with van der Waals surface area (Å²) in [5.74, 6) is 0.776.